The van der Waals surface area contributed by atoms with Gasteiger partial charge in [0, 0.05) is 41.8 Å². The molecule has 2 aliphatic rings. The number of carbonyl (C=O) groups excluding carboxylic acids is 7. The number of fused-ring (bicyclic) bond motifs is 1. The number of primary amides is 1. The first-order valence-electron chi connectivity index (χ1n) is 24.8. The van der Waals surface area contributed by atoms with Gasteiger partial charge in [-0.15, -0.1) is 0 Å². The molecule has 404 valence electrons. The van der Waals surface area contributed by atoms with Gasteiger partial charge in [0.05, 0.1) is 24.5 Å². The molecule has 4 unspecified atom stereocenters. The van der Waals surface area contributed by atoms with Crippen molar-refractivity contribution in [1.82, 2.24) is 31.2 Å². The smallest absolute Gasteiger partial charge is 0.415 e. The van der Waals surface area contributed by atoms with E-state index in [2.05, 4.69) is 26.3 Å². The number of ether oxygens (including phenoxy) is 1. The van der Waals surface area contributed by atoms with Crippen LogP contribution in [0.1, 0.15) is 99.2 Å². The molecule has 1 saturated heterocycles. The van der Waals surface area contributed by atoms with E-state index < -0.39 is 106 Å². The van der Waals surface area contributed by atoms with Crippen molar-refractivity contribution < 1.29 is 57.7 Å². The van der Waals surface area contributed by atoms with Gasteiger partial charge in [-0.3, -0.25) is 33.7 Å². The van der Waals surface area contributed by atoms with E-state index in [0.717, 1.165) is 25.7 Å². The lowest BCUT2D eigenvalue weighted by atomic mass is 9.82. The number of H-pyrrole nitrogens is 1. The van der Waals surface area contributed by atoms with E-state index >= 15 is 4.39 Å². The summed E-state index contributed by atoms with van der Waals surface area (Å²) in [6, 6.07) is 11.9. The fraction of sp³-hybridized carbons (Fsp3) is 0.472. The van der Waals surface area contributed by atoms with Crippen molar-refractivity contribution in [1.29, 1.82) is 0 Å². The van der Waals surface area contributed by atoms with E-state index in [0.29, 0.717) is 39.0 Å². The number of carboxylic acid groups (broad SMARTS) is 1. The van der Waals surface area contributed by atoms with Crippen LogP contribution in [0.25, 0.3) is 10.9 Å². The van der Waals surface area contributed by atoms with Crippen LogP contribution in [0.15, 0.2) is 72.9 Å². The molecule has 1 saturated carbocycles. The van der Waals surface area contributed by atoms with Gasteiger partial charge >= 0.3 is 12.1 Å². The van der Waals surface area contributed by atoms with Crippen molar-refractivity contribution in [3.63, 3.8) is 0 Å². The molecule has 0 spiro atoms. The zero-order valence-electron chi connectivity index (χ0n) is 42.6. The minimum Gasteiger partial charge on any atom is -0.480 e. The Hall–Kier alpha value is -6.27. The first-order chi connectivity index (χ1) is 35.6. The van der Waals surface area contributed by atoms with Crippen LogP contribution in [0.2, 0.25) is 0 Å². The monoisotopic (exact) mass is 1170 g/mol. The van der Waals surface area contributed by atoms with Crippen molar-refractivity contribution in [2.75, 3.05) is 30.1 Å². The second kappa shape index (κ2) is 25.5. The Morgan fingerprint density at radius 1 is 0.880 bits per heavy atom. The number of hydrogen-bond acceptors (Lipinski definition) is 11. The number of carboxylic acids is 1. The summed E-state index contributed by atoms with van der Waals surface area (Å²) in [5, 5.41) is 31.3. The largest absolute Gasteiger partial charge is 0.480 e. The number of nitrogens with two attached hydrogens (primary N) is 1. The van der Waals surface area contributed by atoms with Gasteiger partial charge in [-0.2, -0.15) is 11.8 Å². The second-order valence-corrected chi connectivity index (χ2v) is 22.5. The third-order valence-corrected chi connectivity index (χ3v) is 16.0. The number of aryl methyl sites for hydroxylation is 1. The average molecular weight is 1170 g/mol. The molecule has 4 aromatic rings. The van der Waals surface area contributed by atoms with E-state index in [1.54, 1.807) is 99.6 Å². The molecule has 0 bridgehead atoms. The number of aliphatic hydroxyl groups is 1. The quantitative estimate of drug-likeness (QED) is 0.0299. The molecule has 2 fully saturated rings. The number of aromatic nitrogens is 1. The number of hydrogen-bond donors (Lipinski definition) is 8. The number of amides is 7. The first-order valence-corrected chi connectivity index (χ1v) is 27.3. The number of nitrogens with one attached hydrogen (secondary N) is 5. The summed E-state index contributed by atoms with van der Waals surface area (Å²) in [5.74, 6) is -8.32. The molecule has 6 rings (SSSR count). The van der Waals surface area contributed by atoms with E-state index in [-0.39, 0.29) is 43.8 Å². The number of aliphatic carboxylic acids is 1. The Bertz CT molecular complexity index is 2730. The maximum Gasteiger partial charge on any atom is 0.415 e. The zero-order chi connectivity index (χ0) is 54.8. The van der Waals surface area contributed by atoms with Crippen LogP contribution in [0.3, 0.4) is 0 Å². The van der Waals surface area contributed by atoms with Crippen LogP contribution in [0.4, 0.5) is 14.9 Å². The SMILES string of the molecule is CSCCC(NC(=O)C(CC(N)=O)NC(=O)C(Cc1c[nH]c2ccccc12)NC(=O)C(CO)NC(=O)[C@@H]1CCCN(C(=O)c2c(C)cccc2F)[C@]1(I)c1ccc(N(C(=O)OC(C)(C)C)C2CCCC2)cc1)C(=O)O. The minimum absolute atomic E-state index is 0.0351. The minimum atomic E-state index is -1.70. The number of piperidine rings is 1. The van der Waals surface area contributed by atoms with Gasteiger partial charge in [0.2, 0.25) is 29.5 Å². The fourth-order valence-corrected chi connectivity index (χ4v) is 11.5. The van der Waals surface area contributed by atoms with Crippen LogP contribution in [-0.2, 0) is 43.5 Å². The Kier molecular flexibility index (Phi) is 19.7. The van der Waals surface area contributed by atoms with Gasteiger partial charge in [0.1, 0.15) is 39.1 Å². The number of benzene rings is 3. The predicted molar refractivity (Wildman–Crippen MR) is 289 cm³/mol. The molecule has 1 aromatic heterocycles. The van der Waals surface area contributed by atoms with Crippen molar-refractivity contribution in [2.45, 2.75) is 125 Å². The van der Waals surface area contributed by atoms with Crippen LogP contribution in [0, 0.1) is 18.7 Å². The molecule has 75 heavy (non-hydrogen) atoms. The summed E-state index contributed by atoms with van der Waals surface area (Å²) in [7, 11) is 0. The molecule has 7 amide bonds. The number of thioether (sulfide) groups is 1. The standard InChI is InChI=1S/C53H66FIN8O11S/c1-30-12-10-17-37(54)44(30)49(70)62-24-11-16-36(53(62,55)32-19-21-34(22-20-32)63(33-13-6-7-14-33)51(73)74-52(2,3)4)45(66)61-42(29-64)48(69)59-40(26-31-28-57-38-18-9-8-15-35(31)38)46(67)60-41(27-43(56)65)47(68)58-39(50(71)72)23-25-75-5/h8-10,12,15,17-22,28,33,36,39-42,57,64H,6-7,11,13-14,16,23-27,29H2,1-5H3,(H2,56,65)(H,58,68)(H,59,69)(H,60,67)(H,61,66)(H,71,72)/t36-,39?,40?,41?,42?,53+/m0/s1. The summed E-state index contributed by atoms with van der Waals surface area (Å²) in [5.41, 5.74) is 7.09. The molecule has 0 radical (unpaired) electrons. The fourth-order valence-electron chi connectivity index (χ4n) is 9.66. The summed E-state index contributed by atoms with van der Waals surface area (Å²) in [6.45, 7) is 6.09. The molecule has 3 aromatic carbocycles. The summed E-state index contributed by atoms with van der Waals surface area (Å²) in [4.78, 5) is 116. The molecule has 22 heteroatoms. The predicted octanol–water partition coefficient (Wildman–Crippen LogP) is 5.33. The highest BCUT2D eigenvalue weighted by atomic mass is 127. The Morgan fingerprint density at radius 2 is 1.52 bits per heavy atom. The first kappa shape index (κ1) is 58.0. The third kappa shape index (κ3) is 14.2. The van der Waals surface area contributed by atoms with Gasteiger partial charge in [0.25, 0.3) is 5.91 Å². The molecule has 9 N–H and O–H groups in total. The van der Waals surface area contributed by atoms with Crippen molar-refractivity contribution in [2.24, 2.45) is 11.7 Å². The summed E-state index contributed by atoms with van der Waals surface area (Å²) < 4.78 is 19.9. The highest BCUT2D eigenvalue weighted by Gasteiger charge is 2.52. The lowest BCUT2D eigenvalue weighted by Gasteiger charge is -2.48. The maximum atomic E-state index is 15.7. The lowest BCUT2D eigenvalue weighted by molar-refractivity contribution is -0.142. The number of aromatic amines is 1. The summed E-state index contributed by atoms with van der Waals surface area (Å²) >= 11 is 3.37. The molecule has 1 aliphatic carbocycles. The zero-order valence-corrected chi connectivity index (χ0v) is 45.6. The molecular formula is C53H66FIN8O11S. The molecule has 1 aliphatic heterocycles. The molecule has 6 atom stereocenters. The number of likely N-dealkylation sites (tertiary alicyclic amines) is 1. The molecular weight excluding hydrogens is 1100 g/mol. The van der Waals surface area contributed by atoms with E-state index in [1.165, 1.54) is 28.8 Å². The molecule has 2 heterocycles. The van der Waals surface area contributed by atoms with Crippen molar-refractivity contribution in [3.8, 4) is 0 Å². The third-order valence-electron chi connectivity index (χ3n) is 13.4. The van der Waals surface area contributed by atoms with Gasteiger partial charge in [-0.1, -0.05) is 55.3 Å². The van der Waals surface area contributed by atoms with Crippen molar-refractivity contribution >= 4 is 98.4 Å². The van der Waals surface area contributed by atoms with Crippen molar-refractivity contribution in [3.05, 3.63) is 101 Å². The van der Waals surface area contributed by atoms with E-state index in [4.69, 9.17) is 10.5 Å². The number of aliphatic hydroxyl groups excluding tert-OH is 1. The van der Waals surface area contributed by atoms with Gasteiger partial charge in [-0.25, -0.2) is 14.0 Å². The number of anilines is 1. The van der Waals surface area contributed by atoms with Crippen LogP contribution in [0.5, 0.6) is 0 Å². The van der Waals surface area contributed by atoms with Crippen LogP contribution in [-0.4, -0.2) is 129 Å². The highest BCUT2D eigenvalue weighted by molar-refractivity contribution is 14.1. The number of carbonyl (C=O) groups is 8. The number of para-hydroxylation sites is 1. The topological polar surface area (TPSA) is 283 Å². The Labute approximate surface area is 452 Å². The maximum absolute atomic E-state index is 15.7. The van der Waals surface area contributed by atoms with Gasteiger partial charge in [0.15, 0.2) is 0 Å². The Morgan fingerprint density at radius 3 is 2.15 bits per heavy atom. The Balaban J connectivity index is 1.32. The summed E-state index contributed by atoms with van der Waals surface area (Å²) in [6.07, 6.45) is 5.78. The van der Waals surface area contributed by atoms with Crippen LogP contribution >= 0.6 is 34.4 Å². The number of alkyl halides is 1. The number of halogens is 2. The normalized spacial score (nSPS) is 18.5. The van der Waals surface area contributed by atoms with E-state index in [1.807, 2.05) is 22.6 Å². The number of rotatable bonds is 21. The number of nitrogens with zero attached hydrogens (tertiary/aromatic N) is 2. The van der Waals surface area contributed by atoms with E-state index in [9.17, 15) is 48.6 Å². The second-order valence-electron chi connectivity index (χ2n) is 19.9. The lowest BCUT2D eigenvalue weighted by Crippen LogP contribution is -2.61. The van der Waals surface area contributed by atoms with Gasteiger partial charge < -0.3 is 51.8 Å². The average Bonchev–Trinajstić information content (AvgIpc) is 4.04. The van der Waals surface area contributed by atoms with Gasteiger partial charge in [-0.05, 0) is 135 Å². The van der Waals surface area contributed by atoms with Crippen LogP contribution < -0.4 is 31.9 Å². The highest BCUT2D eigenvalue weighted by Crippen LogP contribution is 2.49. The molecule has 19 nitrogen and oxygen atoms in total.